The number of thiazole rings is 1. The van der Waals surface area contributed by atoms with Crippen LogP contribution in [-0.2, 0) is 26.0 Å². The van der Waals surface area contributed by atoms with Gasteiger partial charge < -0.3 is 15.0 Å². The predicted molar refractivity (Wildman–Crippen MR) is 150 cm³/mol. The number of nitrogens with zero attached hydrogens (tertiary/aromatic N) is 3. The van der Waals surface area contributed by atoms with Crippen molar-refractivity contribution in [2.75, 3.05) is 24.5 Å². The van der Waals surface area contributed by atoms with Crippen molar-refractivity contribution in [3.05, 3.63) is 57.6 Å². The number of benzene rings is 1. The van der Waals surface area contributed by atoms with Gasteiger partial charge in [0.2, 0.25) is 10.0 Å². The number of halogens is 1. The second-order valence-corrected chi connectivity index (χ2v) is 13.4. The number of anilines is 1. The van der Waals surface area contributed by atoms with Crippen molar-refractivity contribution in [1.82, 2.24) is 14.3 Å². The number of carbonyl (C=O) groups excluding carboxylic acids is 2. The Kier molecular flexibility index (Phi) is 8.61. The number of ether oxygens (including phenoxy) is 1. The Bertz CT molecular complexity index is 1420. The van der Waals surface area contributed by atoms with Gasteiger partial charge >= 0.3 is 0 Å². The number of Topliss-reactive ketones (excluding diaryl/α,β-unsaturated/α-hetero) is 1. The number of hydrogen-bond donors (Lipinski definition) is 1. The lowest BCUT2D eigenvalue weighted by Gasteiger charge is -2.37. The molecule has 1 amide bonds. The zero-order valence-electron chi connectivity index (χ0n) is 21.7. The molecule has 0 unspecified atom stereocenters. The van der Waals surface area contributed by atoms with Gasteiger partial charge in [0.1, 0.15) is 10.2 Å². The molecule has 0 spiro atoms. The quantitative estimate of drug-likeness (QED) is 0.408. The van der Waals surface area contributed by atoms with Crippen LogP contribution < -0.4 is 10.2 Å². The Morgan fingerprint density at radius 2 is 1.92 bits per heavy atom. The van der Waals surface area contributed by atoms with E-state index >= 15 is 0 Å². The molecule has 1 aliphatic rings. The zero-order chi connectivity index (χ0) is 27.6. The average Bonchev–Trinajstić information content (AvgIpc) is 3.49. The molecule has 3 heterocycles. The largest absolute Gasteiger partial charge is 0.372 e. The normalized spacial score (nSPS) is 18.1. The Morgan fingerprint density at radius 1 is 1.21 bits per heavy atom. The average molecular weight is 579 g/mol. The van der Waals surface area contributed by atoms with Crippen molar-refractivity contribution < 1.29 is 22.7 Å². The summed E-state index contributed by atoms with van der Waals surface area (Å²) in [6.07, 6.45) is 1.55. The molecule has 4 rings (SSSR count). The third-order valence-corrected chi connectivity index (χ3v) is 9.43. The van der Waals surface area contributed by atoms with Crippen LogP contribution in [0.15, 0.2) is 41.9 Å². The first-order valence-corrected chi connectivity index (χ1v) is 15.1. The van der Waals surface area contributed by atoms with E-state index < -0.39 is 21.2 Å². The highest BCUT2D eigenvalue weighted by Gasteiger charge is 2.24. The molecule has 3 aromatic rings. The SMILES string of the molecule is CC(C)S(=O)(=O)n1cc(C(=O)NCC(=O)Cc2nc(-c3cccc(N4C[C@@H](C)O[C@@H](C)C4)c3)cs2)cc1Cl. The third kappa shape index (κ3) is 6.45. The Balaban J connectivity index is 1.35. The molecule has 2 atom stereocenters. The smallest absolute Gasteiger partial charge is 0.253 e. The van der Waals surface area contributed by atoms with Gasteiger partial charge in [-0.2, -0.15) is 0 Å². The van der Waals surface area contributed by atoms with Crippen LogP contribution in [0.4, 0.5) is 5.69 Å². The summed E-state index contributed by atoms with van der Waals surface area (Å²) in [6, 6.07) is 9.44. The van der Waals surface area contributed by atoms with Gasteiger partial charge in [-0.25, -0.2) is 17.4 Å². The van der Waals surface area contributed by atoms with Crippen molar-refractivity contribution in [2.45, 2.75) is 51.6 Å². The number of rotatable bonds is 9. The summed E-state index contributed by atoms with van der Waals surface area (Å²) in [5.74, 6) is -0.800. The van der Waals surface area contributed by atoms with Crippen LogP contribution in [0.3, 0.4) is 0 Å². The van der Waals surface area contributed by atoms with E-state index in [0.29, 0.717) is 5.01 Å². The maximum absolute atomic E-state index is 12.5. The molecule has 12 heteroatoms. The van der Waals surface area contributed by atoms with Crippen molar-refractivity contribution in [1.29, 1.82) is 0 Å². The minimum absolute atomic E-state index is 0.0625. The van der Waals surface area contributed by atoms with E-state index in [1.165, 1.54) is 31.3 Å². The van der Waals surface area contributed by atoms with Gasteiger partial charge in [-0.15, -0.1) is 11.3 Å². The lowest BCUT2D eigenvalue weighted by atomic mass is 10.1. The summed E-state index contributed by atoms with van der Waals surface area (Å²) in [5.41, 5.74) is 2.93. The Hall–Kier alpha value is -2.73. The minimum atomic E-state index is -3.70. The third-order valence-electron chi connectivity index (χ3n) is 6.15. The standard InChI is InChI=1S/C26H31ClN4O5S2/c1-16(2)38(34,35)31-14-20(9-24(31)27)26(33)28-11-22(32)10-25-29-23(15-37-25)19-6-5-7-21(8-19)30-12-17(3)36-18(4)13-30/h5-9,14-18H,10-13H2,1-4H3,(H,28,33)/t17-,18+. The number of carbonyl (C=O) groups is 2. The summed E-state index contributed by atoms with van der Waals surface area (Å²) >= 11 is 7.42. The van der Waals surface area contributed by atoms with Crippen LogP contribution in [0.2, 0.25) is 5.15 Å². The van der Waals surface area contributed by atoms with Crippen LogP contribution in [0.5, 0.6) is 0 Å². The number of aromatic nitrogens is 2. The fourth-order valence-electron chi connectivity index (χ4n) is 4.25. The highest BCUT2D eigenvalue weighted by Crippen LogP contribution is 2.28. The molecule has 2 aromatic heterocycles. The number of ketones is 1. The fraction of sp³-hybridized carbons (Fsp3) is 0.423. The molecule has 0 radical (unpaired) electrons. The van der Waals surface area contributed by atoms with Crippen LogP contribution in [0, 0.1) is 0 Å². The number of amides is 1. The molecule has 38 heavy (non-hydrogen) atoms. The highest BCUT2D eigenvalue weighted by atomic mass is 35.5. The van der Waals surface area contributed by atoms with Crippen molar-refractivity contribution in [3.8, 4) is 11.3 Å². The van der Waals surface area contributed by atoms with Gasteiger partial charge in [-0.3, -0.25) is 9.59 Å². The highest BCUT2D eigenvalue weighted by molar-refractivity contribution is 7.90. The maximum Gasteiger partial charge on any atom is 0.253 e. The molecule has 1 saturated heterocycles. The molecule has 1 fully saturated rings. The van der Waals surface area contributed by atoms with E-state index in [-0.39, 0.29) is 41.7 Å². The number of morpholine rings is 1. The molecule has 0 aliphatic carbocycles. The lowest BCUT2D eigenvalue weighted by Crippen LogP contribution is -2.45. The van der Waals surface area contributed by atoms with E-state index in [1.54, 1.807) is 0 Å². The van der Waals surface area contributed by atoms with E-state index in [2.05, 4.69) is 41.2 Å². The second-order valence-electron chi connectivity index (χ2n) is 9.68. The molecule has 1 N–H and O–H groups in total. The summed E-state index contributed by atoms with van der Waals surface area (Å²) in [6.45, 7) is 8.62. The first-order chi connectivity index (χ1) is 17.9. The van der Waals surface area contributed by atoms with Gasteiger partial charge in [-0.05, 0) is 45.9 Å². The molecule has 204 valence electrons. The van der Waals surface area contributed by atoms with Gasteiger partial charge in [0.15, 0.2) is 5.78 Å². The maximum atomic E-state index is 12.5. The van der Waals surface area contributed by atoms with Crippen LogP contribution >= 0.6 is 22.9 Å². The minimum Gasteiger partial charge on any atom is -0.372 e. The first-order valence-electron chi connectivity index (χ1n) is 12.3. The topological polar surface area (TPSA) is 111 Å². The van der Waals surface area contributed by atoms with E-state index in [1.807, 2.05) is 17.5 Å². The summed E-state index contributed by atoms with van der Waals surface area (Å²) in [5, 5.41) is 4.31. The molecule has 1 aliphatic heterocycles. The van der Waals surface area contributed by atoms with E-state index in [0.717, 1.165) is 40.2 Å². The summed E-state index contributed by atoms with van der Waals surface area (Å²) in [4.78, 5) is 32.0. The molecule has 1 aromatic carbocycles. The van der Waals surface area contributed by atoms with Crippen molar-refractivity contribution in [3.63, 3.8) is 0 Å². The number of hydrogen-bond acceptors (Lipinski definition) is 8. The van der Waals surface area contributed by atoms with Gasteiger partial charge in [0, 0.05) is 35.9 Å². The first kappa shape index (κ1) is 28.3. The molecular formula is C26H31ClN4O5S2. The number of nitrogens with one attached hydrogen (secondary N) is 1. The fourth-order valence-corrected chi connectivity index (χ4v) is 6.55. The summed E-state index contributed by atoms with van der Waals surface area (Å²) in [7, 11) is -3.70. The van der Waals surface area contributed by atoms with Gasteiger partial charge in [0.25, 0.3) is 5.91 Å². The zero-order valence-corrected chi connectivity index (χ0v) is 24.1. The molecule has 0 saturated carbocycles. The lowest BCUT2D eigenvalue weighted by molar-refractivity contribution is -0.117. The van der Waals surface area contributed by atoms with Crippen molar-refractivity contribution in [2.24, 2.45) is 0 Å². The van der Waals surface area contributed by atoms with Gasteiger partial charge in [0.05, 0.1) is 41.7 Å². The molecule has 0 bridgehead atoms. The monoisotopic (exact) mass is 578 g/mol. The van der Waals surface area contributed by atoms with Crippen LogP contribution in [-0.4, -0.2) is 66.2 Å². The van der Waals surface area contributed by atoms with E-state index in [9.17, 15) is 18.0 Å². The molecular weight excluding hydrogens is 548 g/mol. The Labute approximate surface area is 231 Å². The second kappa shape index (κ2) is 11.6. The van der Waals surface area contributed by atoms with Crippen LogP contribution in [0.25, 0.3) is 11.3 Å². The predicted octanol–water partition coefficient (Wildman–Crippen LogP) is 4.01. The van der Waals surface area contributed by atoms with Crippen molar-refractivity contribution >= 4 is 50.3 Å². The van der Waals surface area contributed by atoms with Crippen LogP contribution in [0.1, 0.15) is 43.1 Å². The van der Waals surface area contributed by atoms with Gasteiger partial charge in [-0.1, -0.05) is 23.7 Å². The Morgan fingerprint density at radius 3 is 2.61 bits per heavy atom. The van der Waals surface area contributed by atoms with E-state index in [4.69, 9.17) is 16.3 Å². The summed E-state index contributed by atoms with van der Waals surface area (Å²) < 4.78 is 31.5. The molecule has 9 nitrogen and oxygen atoms in total.